The van der Waals surface area contributed by atoms with Gasteiger partial charge >= 0.3 is 6.09 Å². The lowest BCUT2D eigenvalue weighted by molar-refractivity contribution is 0.168. The zero-order chi connectivity index (χ0) is 12.0. The number of anilines is 1. The second kappa shape index (κ2) is 5.75. The van der Waals surface area contributed by atoms with Crippen molar-refractivity contribution in [2.75, 3.05) is 11.9 Å². The highest BCUT2D eigenvalue weighted by atomic mass is 16.5. The summed E-state index contributed by atoms with van der Waals surface area (Å²) < 4.78 is 4.74. The van der Waals surface area contributed by atoms with Crippen molar-refractivity contribution in [1.29, 1.82) is 0 Å². The summed E-state index contributed by atoms with van der Waals surface area (Å²) >= 11 is 0. The summed E-state index contributed by atoms with van der Waals surface area (Å²) in [4.78, 5) is 11.2. The van der Waals surface area contributed by atoms with Crippen LogP contribution in [0.15, 0.2) is 29.4 Å². The molecule has 5 heteroatoms. The molecule has 0 bridgehead atoms. The van der Waals surface area contributed by atoms with E-state index in [1.54, 1.807) is 38.1 Å². The van der Waals surface area contributed by atoms with Gasteiger partial charge in [-0.05, 0) is 26.0 Å². The molecule has 0 fully saturated rings. The van der Waals surface area contributed by atoms with Crippen LogP contribution in [0.5, 0.6) is 0 Å². The summed E-state index contributed by atoms with van der Waals surface area (Å²) in [7, 11) is 0. The molecule has 0 radical (unpaired) electrons. The van der Waals surface area contributed by atoms with Crippen LogP contribution < -0.4 is 5.32 Å². The van der Waals surface area contributed by atoms with Crippen molar-refractivity contribution in [2.24, 2.45) is 5.16 Å². The average molecular weight is 222 g/mol. The van der Waals surface area contributed by atoms with E-state index in [1.165, 1.54) is 0 Å². The van der Waals surface area contributed by atoms with E-state index >= 15 is 0 Å². The van der Waals surface area contributed by atoms with Crippen molar-refractivity contribution < 1.29 is 14.7 Å². The van der Waals surface area contributed by atoms with Gasteiger partial charge in [0.2, 0.25) is 0 Å². The standard InChI is InChI=1S/C11H14N2O3/c1-3-16-11(14)12-10-6-4-5-9(7-10)8(2)13-15/h4-7,15H,3H2,1-2H3,(H,12,14)/b13-8+. The maximum atomic E-state index is 11.2. The highest BCUT2D eigenvalue weighted by molar-refractivity contribution is 5.99. The summed E-state index contributed by atoms with van der Waals surface area (Å²) in [6.45, 7) is 3.73. The number of carbonyl (C=O) groups excluding carboxylic acids is 1. The molecule has 0 saturated carbocycles. The molecule has 0 aromatic heterocycles. The molecule has 0 aliphatic rings. The minimum atomic E-state index is -0.502. The maximum Gasteiger partial charge on any atom is 0.411 e. The van der Waals surface area contributed by atoms with Crippen LogP contribution in [0.4, 0.5) is 10.5 Å². The summed E-state index contributed by atoms with van der Waals surface area (Å²) in [6.07, 6.45) is -0.502. The van der Waals surface area contributed by atoms with Crippen LogP contribution in [0.2, 0.25) is 0 Å². The van der Waals surface area contributed by atoms with Crippen LogP contribution in [-0.4, -0.2) is 23.6 Å². The van der Waals surface area contributed by atoms with Gasteiger partial charge in [-0.2, -0.15) is 0 Å². The maximum absolute atomic E-state index is 11.2. The predicted octanol–water partition coefficient (Wildman–Crippen LogP) is 2.45. The van der Waals surface area contributed by atoms with Crippen molar-refractivity contribution in [3.63, 3.8) is 0 Å². The number of hydrogen-bond donors (Lipinski definition) is 2. The molecule has 0 saturated heterocycles. The third kappa shape index (κ3) is 3.27. The second-order valence-corrected chi connectivity index (χ2v) is 3.11. The lowest BCUT2D eigenvalue weighted by Gasteiger charge is -2.06. The van der Waals surface area contributed by atoms with Gasteiger partial charge in [0.25, 0.3) is 0 Å². The molecule has 0 spiro atoms. The molecular weight excluding hydrogens is 208 g/mol. The number of carbonyl (C=O) groups is 1. The lowest BCUT2D eigenvalue weighted by atomic mass is 10.1. The molecule has 1 aromatic rings. The Hall–Kier alpha value is -2.04. The largest absolute Gasteiger partial charge is 0.450 e. The van der Waals surface area contributed by atoms with Crippen LogP contribution in [0.25, 0.3) is 0 Å². The molecule has 0 unspecified atom stereocenters. The van der Waals surface area contributed by atoms with Gasteiger partial charge < -0.3 is 9.94 Å². The van der Waals surface area contributed by atoms with Gasteiger partial charge in [-0.25, -0.2) is 4.79 Å². The molecule has 86 valence electrons. The Bertz CT molecular complexity index is 402. The second-order valence-electron chi connectivity index (χ2n) is 3.11. The smallest absolute Gasteiger partial charge is 0.411 e. The first-order valence-corrected chi connectivity index (χ1v) is 4.90. The molecule has 2 N–H and O–H groups in total. The van der Waals surface area contributed by atoms with Crippen LogP contribution in [0.3, 0.4) is 0 Å². The van der Waals surface area contributed by atoms with Gasteiger partial charge in [-0.1, -0.05) is 17.3 Å². The van der Waals surface area contributed by atoms with E-state index in [-0.39, 0.29) is 0 Å². The number of rotatable bonds is 3. The minimum absolute atomic E-state index is 0.322. The van der Waals surface area contributed by atoms with Gasteiger partial charge in [0.15, 0.2) is 0 Å². The Labute approximate surface area is 93.7 Å². The summed E-state index contributed by atoms with van der Waals surface area (Å²) in [5.41, 5.74) is 1.81. The van der Waals surface area contributed by atoms with Crippen molar-refractivity contribution in [1.82, 2.24) is 0 Å². The molecule has 0 aliphatic carbocycles. The van der Waals surface area contributed by atoms with E-state index in [4.69, 9.17) is 9.94 Å². The summed E-state index contributed by atoms with van der Waals surface area (Å²) in [6, 6.07) is 6.97. The minimum Gasteiger partial charge on any atom is -0.450 e. The fraction of sp³-hybridized carbons (Fsp3) is 0.273. The molecule has 1 rings (SSSR count). The first-order valence-electron chi connectivity index (χ1n) is 4.90. The highest BCUT2D eigenvalue weighted by Crippen LogP contribution is 2.11. The van der Waals surface area contributed by atoms with Crippen LogP contribution in [-0.2, 0) is 4.74 Å². The van der Waals surface area contributed by atoms with Crippen molar-refractivity contribution in [3.8, 4) is 0 Å². The highest BCUT2D eigenvalue weighted by Gasteiger charge is 2.03. The van der Waals surface area contributed by atoms with E-state index < -0.39 is 6.09 Å². The lowest BCUT2D eigenvalue weighted by Crippen LogP contribution is -2.13. The summed E-state index contributed by atoms with van der Waals surface area (Å²) in [5, 5.41) is 14.3. The SMILES string of the molecule is CCOC(=O)Nc1cccc(/C(C)=N/O)c1. The normalized spacial score (nSPS) is 11.0. The van der Waals surface area contributed by atoms with Gasteiger partial charge in [0.1, 0.15) is 0 Å². The van der Waals surface area contributed by atoms with Crippen LogP contribution in [0, 0.1) is 0 Å². The first kappa shape index (κ1) is 12.0. The van der Waals surface area contributed by atoms with Gasteiger partial charge in [-0.3, -0.25) is 5.32 Å². The van der Waals surface area contributed by atoms with Gasteiger partial charge in [0, 0.05) is 11.3 Å². The molecule has 16 heavy (non-hydrogen) atoms. The molecule has 1 amide bonds. The number of oxime groups is 1. The Balaban J connectivity index is 2.79. The molecule has 0 heterocycles. The molecular formula is C11H14N2O3. The van der Waals surface area contributed by atoms with E-state index in [1.807, 2.05) is 0 Å². The Morgan fingerprint density at radius 3 is 2.94 bits per heavy atom. The molecule has 0 aliphatic heterocycles. The Morgan fingerprint density at radius 2 is 2.31 bits per heavy atom. The quantitative estimate of drug-likeness (QED) is 0.468. The summed E-state index contributed by atoms with van der Waals surface area (Å²) in [5.74, 6) is 0. The fourth-order valence-corrected chi connectivity index (χ4v) is 1.16. The number of ether oxygens (including phenoxy) is 1. The van der Waals surface area contributed by atoms with E-state index in [9.17, 15) is 4.79 Å². The average Bonchev–Trinajstić information content (AvgIpc) is 2.28. The number of amides is 1. The Kier molecular flexibility index (Phi) is 4.32. The third-order valence-electron chi connectivity index (χ3n) is 1.95. The van der Waals surface area contributed by atoms with Gasteiger partial charge in [-0.15, -0.1) is 0 Å². The molecule has 0 atom stereocenters. The number of benzene rings is 1. The van der Waals surface area contributed by atoms with Gasteiger partial charge in [0.05, 0.1) is 12.3 Å². The van der Waals surface area contributed by atoms with E-state index in [2.05, 4.69) is 10.5 Å². The number of hydrogen-bond acceptors (Lipinski definition) is 4. The molecule has 1 aromatic carbocycles. The molecule has 5 nitrogen and oxygen atoms in total. The Morgan fingerprint density at radius 1 is 1.56 bits per heavy atom. The van der Waals surface area contributed by atoms with E-state index in [0.29, 0.717) is 18.0 Å². The third-order valence-corrected chi connectivity index (χ3v) is 1.95. The van der Waals surface area contributed by atoms with Crippen molar-refractivity contribution >= 4 is 17.5 Å². The topological polar surface area (TPSA) is 70.9 Å². The number of nitrogens with one attached hydrogen (secondary N) is 1. The predicted molar refractivity (Wildman–Crippen MR) is 61.1 cm³/mol. The monoisotopic (exact) mass is 222 g/mol. The van der Waals surface area contributed by atoms with Crippen molar-refractivity contribution in [3.05, 3.63) is 29.8 Å². The van der Waals surface area contributed by atoms with E-state index in [0.717, 1.165) is 5.56 Å². The van der Waals surface area contributed by atoms with Crippen molar-refractivity contribution in [2.45, 2.75) is 13.8 Å². The first-order chi connectivity index (χ1) is 7.67. The number of nitrogens with zero attached hydrogens (tertiary/aromatic N) is 1. The fourth-order valence-electron chi connectivity index (χ4n) is 1.16. The zero-order valence-corrected chi connectivity index (χ0v) is 9.23. The van der Waals surface area contributed by atoms with Crippen LogP contribution in [0.1, 0.15) is 19.4 Å². The van der Waals surface area contributed by atoms with Crippen LogP contribution >= 0.6 is 0 Å². The zero-order valence-electron chi connectivity index (χ0n) is 9.23.